The van der Waals surface area contributed by atoms with E-state index in [-0.39, 0.29) is 23.2 Å². The molecule has 0 radical (unpaired) electrons. The summed E-state index contributed by atoms with van der Waals surface area (Å²) in [7, 11) is 0. The van der Waals surface area contributed by atoms with Crippen molar-refractivity contribution in [1.82, 2.24) is 17.9 Å². The number of benzene rings is 7. The van der Waals surface area contributed by atoms with Gasteiger partial charge in [-0.1, -0.05) is 84.9 Å². The first-order chi connectivity index (χ1) is 28.8. The third-order valence-electron chi connectivity index (χ3n) is 12.7. The minimum atomic E-state index is -2.61. The lowest BCUT2D eigenvalue weighted by Crippen LogP contribution is -2.00. The topological polar surface area (TPSA) is 18.7 Å². The van der Waals surface area contributed by atoms with Crippen LogP contribution in [-0.4, -0.2) is 17.9 Å². The first kappa shape index (κ1) is 24.1. The van der Waals surface area contributed by atoms with E-state index in [2.05, 4.69) is 131 Å². The Hall–Kier alpha value is -6.26. The lowest BCUT2D eigenvalue weighted by molar-refractivity contribution is 0.643. The molecular formula is C50H38N4. The van der Waals surface area contributed by atoms with Gasteiger partial charge in [0, 0.05) is 96.0 Å². The van der Waals surface area contributed by atoms with Gasteiger partial charge in [-0.15, -0.1) is 0 Å². The minimum Gasteiger partial charge on any atom is -0.337 e. The highest BCUT2D eigenvalue weighted by molar-refractivity contribution is 6.35. The largest absolute Gasteiger partial charge is 0.337 e. The van der Waals surface area contributed by atoms with Crippen LogP contribution in [0.1, 0.15) is 59.1 Å². The Labute approximate surface area is 319 Å². The van der Waals surface area contributed by atoms with Crippen LogP contribution < -0.4 is 0 Å². The molecule has 0 N–H and O–H groups in total. The van der Waals surface area contributed by atoms with E-state index in [0.29, 0.717) is 21.8 Å². The van der Waals surface area contributed by atoms with Gasteiger partial charge in [-0.05, 0) is 76.8 Å². The lowest BCUT2D eigenvalue weighted by Gasteiger charge is -2.13. The Balaban J connectivity index is 1.33. The first-order valence-electron chi connectivity index (χ1n) is 22.0. The fraction of sp³-hybridized carbons (Fsp3) is 0.160. The van der Waals surface area contributed by atoms with Gasteiger partial charge in [0.25, 0.3) is 0 Å². The summed E-state index contributed by atoms with van der Waals surface area (Å²) in [4.78, 5) is 0. The Morgan fingerprint density at radius 3 is 1.15 bits per heavy atom. The summed E-state index contributed by atoms with van der Waals surface area (Å²) in [5.41, 5.74) is 9.14. The molecule has 0 fully saturated rings. The van der Waals surface area contributed by atoms with Crippen LogP contribution in [0, 0.1) is 13.7 Å². The second kappa shape index (κ2) is 9.45. The second-order valence-electron chi connectivity index (χ2n) is 15.9. The van der Waals surface area contributed by atoms with Gasteiger partial charge in [0.1, 0.15) is 0 Å². The van der Waals surface area contributed by atoms with Crippen LogP contribution in [0.3, 0.4) is 0 Å². The highest BCUT2D eigenvalue weighted by Crippen LogP contribution is 2.51. The van der Waals surface area contributed by atoms with Crippen LogP contribution in [0.5, 0.6) is 0 Å². The zero-order chi connectivity index (χ0) is 41.0. The summed E-state index contributed by atoms with van der Waals surface area (Å²) in [5.74, 6) is 0. The van der Waals surface area contributed by atoms with E-state index in [0.717, 1.165) is 98.0 Å². The third kappa shape index (κ3) is 3.03. The minimum absolute atomic E-state index is 0.145. The molecule has 6 heterocycles. The predicted molar refractivity (Wildman–Crippen MR) is 232 cm³/mol. The van der Waals surface area contributed by atoms with Gasteiger partial charge in [0.2, 0.25) is 0 Å². The summed E-state index contributed by atoms with van der Waals surface area (Å²) in [5, 5.41) is 11.1. The number of nitrogens with zero attached hydrogens (tertiary/aromatic N) is 4. The molecule has 13 rings (SSSR count). The van der Waals surface area contributed by atoms with Crippen molar-refractivity contribution in [2.24, 2.45) is 0 Å². The number of hydrogen-bond donors (Lipinski definition) is 0. The molecular weight excluding hydrogens is 657 g/mol. The van der Waals surface area contributed by atoms with Crippen molar-refractivity contribution in [2.75, 3.05) is 0 Å². The van der Waals surface area contributed by atoms with Gasteiger partial charge in [0.15, 0.2) is 0 Å². The Bertz CT molecular complexity index is 3770. The number of aromatic nitrogens is 4. The summed E-state index contributed by atoms with van der Waals surface area (Å²) >= 11 is 0. The molecule has 0 atom stereocenters. The van der Waals surface area contributed by atoms with E-state index in [1.54, 1.807) is 0 Å². The van der Waals surface area contributed by atoms with Crippen molar-refractivity contribution in [3.63, 3.8) is 0 Å². The molecule has 0 spiro atoms. The maximum absolute atomic E-state index is 9.41. The molecule has 0 aliphatic heterocycles. The molecule has 4 nitrogen and oxygen atoms in total. The van der Waals surface area contributed by atoms with Gasteiger partial charge in [0.05, 0.1) is 44.1 Å². The zero-order valence-corrected chi connectivity index (χ0v) is 30.3. The molecule has 13 aromatic rings. The molecule has 0 aliphatic rings. The molecule has 4 heteroatoms. The molecule has 6 aromatic heterocycles. The molecule has 0 saturated heterocycles. The summed E-state index contributed by atoms with van der Waals surface area (Å²) in [6.45, 7) is 3.57. The van der Waals surface area contributed by atoms with Crippen molar-refractivity contribution in [1.29, 1.82) is 0 Å². The maximum Gasteiger partial charge on any atom is 0.0621 e. The van der Waals surface area contributed by atoms with Crippen LogP contribution in [0.4, 0.5) is 0 Å². The highest BCUT2D eigenvalue weighted by Gasteiger charge is 2.29. The van der Waals surface area contributed by atoms with Crippen LogP contribution >= 0.6 is 0 Å². The fourth-order valence-electron chi connectivity index (χ4n) is 10.9. The van der Waals surface area contributed by atoms with Crippen molar-refractivity contribution in [2.45, 2.75) is 53.5 Å². The molecule has 54 heavy (non-hydrogen) atoms. The Kier molecular flexibility index (Phi) is 4.22. The van der Waals surface area contributed by atoms with E-state index in [9.17, 15) is 8.22 Å². The number of hydrogen-bond acceptors (Lipinski definition) is 0. The van der Waals surface area contributed by atoms with E-state index < -0.39 is 13.7 Å². The maximum atomic E-state index is 9.41. The Morgan fingerprint density at radius 1 is 0.352 bits per heavy atom. The average Bonchev–Trinajstić information content (AvgIpc) is 4.03. The monoisotopic (exact) mass is 700 g/mol. The third-order valence-corrected chi connectivity index (χ3v) is 12.7. The highest BCUT2D eigenvalue weighted by atomic mass is 15.0. The summed E-state index contributed by atoms with van der Waals surface area (Å²) in [6.07, 6.45) is 0. The second-order valence-corrected chi connectivity index (χ2v) is 15.9. The van der Waals surface area contributed by atoms with Crippen LogP contribution in [0.25, 0.3) is 120 Å². The smallest absolute Gasteiger partial charge is 0.0621 e. The predicted octanol–water partition coefficient (Wildman–Crippen LogP) is 14.0. The standard InChI is InChI=1S/C50H38N4/c1-25(2)51-37-19-9-7-13-29(37)31-21-23-39-43(49(31)51)35-17-11-15-33-41-28(6)46-42(27(5)45(41)53(39)47(33)35)34-16-12-18-36-44-40(54(46)48(34)36)24-22-32-30-14-8-10-20-38(30)52(26(3)4)50(32)44/h7-26H,1-6H3/i5D3,6D3. The first-order valence-corrected chi connectivity index (χ1v) is 19.0. The van der Waals surface area contributed by atoms with E-state index in [4.69, 9.17) is 0 Å². The van der Waals surface area contributed by atoms with Crippen LogP contribution in [0.15, 0.2) is 109 Å². The molecule has 7 aromatic carbocycles. The average molecular weight is 701 g/mol. The van der Waals surface area contributed by atoms with Gasteiger partial charge in [-0.3, -0.25) is 0 Å². The number of rotatable bonds is 2. The van der Waals surface area contributed by atoms with Gasteiger partial charge in [-0.25, -0.2) is 0 Å². The van der Waals surface area contributed by atoms with Gasteiger partial charge < -0.3 is 17.9 Å². The van der Waals surface area contributed by atoms with Gasteiger partial charge >= 0.3 is 0 Å². The molecule has 0 unspecified atom stereocenters. The zero-order valence-electron chi connectivity index (χ0n) is 36.3. The molecule has 0 saturated carbocycles. The summed E-state index contributed by atoms with van der Waals surface area (Å²) in [6, 6.07) is 38.0. The van der Waals surface area contributed by atoms with Crippen LogP contribution in [-0.2, 0) is 0 Å². The van der Waals surface area contributed by atoms with Gasteiger partial charge in [-0.2, -0.15) is 0 Å². The van der Waals surface area contributed by atoms with Crippen molar-refractivity contribution in [3.8, 4) is 0 Å². The summed E-state index contributed by atoms with van der Waals surface area (Å²) < 4.78 is 65.4. The number of aryl methyl sites for hydroxylation is 2. The van der Waals surface area contributed by atoms with Crippen molar-refractivity contribution in [3.05, 3.63) is 120 Å². The van der Waals surface area contributed by atoms with E-state index in [1.165, 1.54) is 0 Å². The van der Waals surface area contributed by atoms with E-state index in [1.807, 2.05) is 24.3 Å². The molecule has 0 aliphatic carbocycles. The molecule has 0 bridgehead atoms. The van der Waals surface area contributed by atoms with E-state index >= 15 is 0 Å². The SMILES string of the molecule is [2H]C([2H])([2H])c1c2c3cccc4c5c6c(ccc5n(c2c(C([2H])([2H])[2H])c2c5cccc7c8c9c(ccc8n(c12)c57)c1ccccc1n9C(C)C)c34)c1ccccc1n6C(C)C. The molecule has 258 valence electrons. The lowest BCUT2D eigenvalue weighted by atomic mass is 9.96. The molecule has 0 amide bonds. The normalized spacial score (nSPS) is 15.4. The fourth-order valence-corrected chi connectivity index (χ4v) is 10.9. The van der Waals surface area contributed by atoms with Crippen LogP contribution in [0.2, 0.25) is 0 Å². The van der Waals surface area contributed by atoms with Crippen molar-refractivity contribution < 1.29 is 8.22 Å². The number of fused-ring (bicyclic) bond motifs is 20. The Morgan fingerprint density at radius 2 is 0.741 bits per heavy atom. The number of para-hydroxylation sites is 4. The van der Waals surface area contributed by atoms with Crippen molar-refractivity contribution >= 4 is 120 Å². The quantitative estimate of drug-likeness (QED) is 0.171.